The highest BCUT2D eigenvalue weighted by Crippen LogP contribution is 2.32. The molecule has 1 heterocycles. The molecule has 0 spiro atoms. The Balaban J connectivity index is 2.60. The number of nitrogens with zero attached hydrogens (tertiary/aromatic N) is 1. The van der Waals surface area contributed by atoms with Crippen LogP contribution in [0, 0.1) is 6.92 Å². The molecule has 0 fully saturated rings. The molecule has 0 aliphatic heterocycles. The van der Waals surface area contributed by atoms with Crippen molar-refractivity contribution in [3.8, 4) is 0 Å². The molecule has 0 unspecified atom stereocenters. The quantitative estimate of drug-likeness (QED) is 0.603. The van der Waals surface area contributed by atoms with E-state index in [-0.39, 0.29) is 0 Å². The second kappa shape index (κ2) is 4.02. The largest absolute Gasteiger partial charge is 0.341 e. The molecule has 1 heteroatoms. The molecule has 0 N–H and O–H groups in total. The van der Waals surface area contributed by atoms with Gasteiger partial charge in [0.1, 0.15) is 0 Å². The third-order valence-electron chi connectivity index (χ3n) is 3.76. The first-order valence-electron chi connectivity index (χ1n) is 6.41. The highest BCUT2D eigenvalue weighted by atomic mass is 15.0. The van der Waals surface area contributed by atoms with Crippen LogP contribution in [-0.4, -0.2) is 4.57 Å². The van der Waals surface area contributed by atoms with E-state index >= 15 is 0 Å². The van der Waals surface area contributed by atoms with E-state index in [9.17, 15) is 0 Å². The summed E-state index contributed by atoms with van der Waals surface area (Å²) in [5.41, 5.74) is 5.20. The van der Waals surface area contributed by atoms with Crippen LogP contribution in [0.4, 0.5) is 0 Å². The van der Waals surface area contributed by atoms with Gasteiger partial charge >= 0.3 is 0 Å². The van der Waals surface area contributed by atoms with Crippen LogP contribution in [0.3, 0.4) is 0 Å². The maximum atomic E-state index is 3.90. The summed E-state index contributed by atoms with van der Waals surface area (Å²) in [6.07, 6.45) is 1.94. The predicted octanol–water partition coefficient (Wildman–Crippen LogP) is 4.77. The van der Waals surface area contributed by atoms with E-state index in [0.29, 0.717) is 0 Å². The van der Waals surface area contributed by atoms with E-state index in [2.05, 4.69) is 61.4 Å². The Morgan fingerprint density at radius 1 is 1.11 bits per heavy atom. The van der Waals surface area contributed by atoms with E-state index in [1.54, 1.807) is 0 Å². The Kier molecular flexibility index (Phi) is 2.48. The summed E-state index contributed by atoms with van der Waals surface area (Å²) in [7, 11) is 0. The number of hydrogen-bond acceptors (Lipinski definition) is 0. The molecule has 1 nitrogen and oxygen atoms in total. The van der Waals surface area contributed by atoms with Crippen molar-refractivity contribution in [1.82, 2.24) is 4.57 Å². The second-order valence-electron chi connectivity index (χ2n) is 4.64. The standard InChI is InChI=1S/C17H17N/c1-4-13-10-11-15-14-8-6-7-9-16(14)18(5-2)17(15)12(13)3/h4,6-11H,1,5H2,2-3H3. The molecule has 1 aromatic heterocycles. The fraction of sp³-hybridized carbons (Fsp3) is 0.176. The lowest BCUT2D eigenvalue weighted by molar-refractivity contribution is 0.824. The van der Waals surface area contributed by atoms with Gasteiger partial charge in [-0.25, -0.2) is 0 Å². The van der Waals surface area contributed by atoms with Gasteiger partial charge in [-0.05, 0) is 31.0 Å². The Bertz CT molecular complexity index is 747. The van der Waals surface area contributed by atoms with Crippen LogP contribution in [0.2, 0.25) is 0 Å². The highest BCUT2D eigenvalue weighted by Gasteiger charge is 2.12. The zero-order chi connectivity index (χ0) is 12.7. The van der Waals surface area contributed by atoms with Crippen molar-refractivity contribution in [1.29, 1.82) is 0 Å². The molecule has 0 saturated heterocycles. The first kappa shape index (κ1) is 11.1. The van der Waals surface area contributed by atoms with Gasteiger partial charge < -0.3 is 4.57 Å². The van der Waals surface area contributed by atoms with Crippen molar-refractivity contribution in [2.75, 3.05) is 0 Å². The number of benzene rings is 2. The van der Waals surface area contributed by atoms with Crippen LogP contribution in [0.5, 0.6) is 0 Å². The maximum absolute atomic E-state index is 3.90. The molecule has 2 aromatic carbocycles. The number of fused-ring (bicyclic) bond motifs is 3. The topological polar surface area (TPSA) is 4.93 Å². The average molecular weight is 235 g/mol. The van der Waals surface area contributed by atoms with Crippen LogP contribution in [-0.2, 0) is 6.54 Å². The Morgan fingerprint density at radius 3 is 2.61 bits per heavy atom. The number of hydrogen-bond donors (Lipinski definition) is 0. The molecular weight excluding hydrogens is 218 g/mol. The zero-order valence-corrected chi connectivity index (χ0v) is 10.9. The zero-order valence-electron chi connectivity index (χ0n) is 10.9. The smallest absolute Gasteiger partial charge is 0.0526 e. The van der Waals surface area contributed by atoms with Gasteiger partial charge in [0.15, 0.2) is 0 Å². The third kappa shape index (κ3) is 1.34. The Hall–Kier alpha value is -2.02. The summed E-state index contributed by atoms with van der Waals surface area (Å²) >= 11 is 0. The van der Waals surface area contributed by atoms with Crippen LogP contribution in [0.1, 0.15) is 18.1 Å². The molecule has 0 bridgehead atoms. The van der Waals surface area contributed by atoms with E-state index in [1.807, 2.05) is 6.08 Å². The first-order valence-corrected chi connectivity index (χ1v) is 6.41. The molecule has 0 aliphatic rings. The van der Waals surface area contributed by atoms with Crippen LogP contribution in [0.15, 0.2) is 43.0 Å². The Morgan fingerprint density at radius 2 is 1.89 bits per heavy atom. The lowest BCUT2D eigenvalue weighted by Crippen LogP contribution is -1.95. The number of rotatable bonds is 2. The molecule has 0 radical (unpaired) electrons. The molecule has 3 rings (SSSR count). The van der Waals surface area contributed by atoms with Crippen molar-refractivity contribution in [2.24, 2.45) is 0 Å². The van der Waals surface area contributed by atoms with Crippen LogP contribution >= 0.6 is 0 Å². The highest BCUT2D eigenvalue weighted by molar-refractivity contribution is 6.09. The number of aryl methyl sites for hydroxylation is 2. The summed E-state index contributed by atoms with van der Waals surface area (Å²) in [5.74, 6) is 0. The monoisotopic (exact) mass is 235 g/mol. The maximum Gasteiger partial charge on any atom is 0.0526 e. The fourth-order valence-electron chi connectivity index (χ4n) is 2.89. The van der Waals surface area contributed by atoms with Gasteiger partial charge in [0, 0.05) is 22.8 Å². The molecule has 0 aliphatic carbocycles. The second-order valence-corrected chi connectivity index (χ2v) is 4.64. The minimum absolute atomic E-state index is 0.992. The van der Waals surface area contributed by atoms with Crippen molar-refractivity contribution in [2.45, 2.75) is 20.4 Å². The van der Waals surface area contributed by atoms with E-state index in [1.165, 1.54) is 32.9 Å². The van der Waals surface area contributed by atoms with Gasteiger partial charge in [-0.1, -0.05) is 43.0 Å². The van der Waals surface area contributed by atoms with Gasteiger partial charge in [0.05, 0.1) is 5.52 Å². The molecule has 0 saturated carbocycles. The first-order chi connectivity index (χ1) is 8.77. The van der Waals surface area contributed by atoms with Gasteiger partial charge in [-0.2, -0.15) is 0 Å². The summed E-state index contributed by atoms with van der Waals surface area (Å²) in [6, 6.07) is 13.0. The number of aromatic nitrogens is 1. The van der Waals surface area contributed by atoms with Crippen molar-refractivity contribution >= 4 is 27.9 Å². The van der Waals surface area contributed by atoms with E-state index < -0.39 is 0 Å². The average Bonchev–Trinajstić information content (AvgIpc) is 2.74. The molecule has 0 amide bonds. The predicted molar refractivity (Wildman–Crippen MR) is 79.9 cm³/mol. The summed E-state index contributed by atoms with van der Waals surface area (Å²) < 4.78 is 2.40. The minimum Gasteiger partial charge on any atom is -0.341 e. The van der Waals surface area contributed by atoms with Gasteiger partial charge in [-0.3, -0.25) is 0 Å². The lowest BCUT2D eigenvalue weighted by atomic mass is 10.0. The molecule has 18 heavy (non-hydrogen) atoms. The summed E-state index contributed by atoms with van der Waals surface area (Å²) in [5, 5.41) is 2.68. The minimum atomic E-state index is 0.992. The lowest BCUT2D eigenvalue weighted by Gasteiger charge is -2.07. The van der Waals surface area contributed by atoms with Crippen LogP contribution in [0.25, 0.3) is 27.9 Å². The van der Waals surface area contributed by atoms with Crippen molar-refractivity contribution in [3.63, 3.8) is 0 Å². The van der Waals surface area contributed by atoms with E-state index in [4.69, 9.17) is 0 Å². The van der Waals surface area contributed by atoms with E-state index in [0.717, 1.165) is 6.54 Å². The SMILES string of the molecule is C=Cc1ccc2c3ccccc3n(CC)c2c1C. The third-order valence-corrected chi connectivity index (χ3v) is 3.76. The van der Waals surface area contributed by atoms with Crippen LogP contribution < -0.4 is 0 Å². The van der Waals surface area contributed by atoms with Gasteiger partial charge in [0.25, 0.3) is 0 Å². The molecule has 3 aromatic rings. The normalized spacial score (nSPS) is 11.2. The Labute approximate surface area is 107 Å². The number of para-hydroxylation sites is 1. The van der Waals surface area contributed by atoms with Crippen molar-refractivity contribution in [3.05, 3.63) is 54.1 Å². The molecular formula is C17H17N. The molecule has 90 valence electrons. The summed E-state index contributed by atoms with van der Waals surface area (Å²) in [6.45, 7) is 9.28. The van der Waals surface area contributed by atoms with Gasteiger partial charge in [0.2, 0.25) is 0 Å². The fourth-order valence-corrected chi connectivity index (χ4v) is 2.89. The van der Waals surface area contributed by atoms with Crippen molar-refractivity contribution < 1.29 is 0 Å². The summed E-state index contributed by atoms with van der Waals surface area (Å²) in [4.78, 5) is 0. The van der Waals surface area contributed by atoms with Gasteiger partial charge in [-0.15, -0.1) is 0 Å². The molecule has 0 atom stereocenters.